The van der Waals surface area contributed by atoms with Crippen LogP contribution in [0.3, 0.4) is 0 Å². The maximum atomic E-state index is 11.8. The molecule has 0 atom stereocenters. The van der Waals surface area contributed by atoms with E-state index in [-0.39, 0.29) is 24.7 Å². The van der Waals surface area contributed by atoms with E-state index in [1.54, 1.807) is 30.5 Å². The molecule has 0 aliphatic carbocycles. The number of amides is 2. The minimum atomic E-state index is -0.301. The van der Waals surface area contributed by atoms with Gasteiger partial charge in [0.05, 0.1) is 12.8 Å². The first-order chi connectivity index (χ1) is 11.7. The molecule has 126 valence electrons. The van der Waals surface area contributed by atoms with Crippen molar-refractivity contribution < 1.29 is 14.3 Å². The fraction of sp³-hybridized carbons (Fsp3) is 0.235. The maximum absolute atomic E-state index is 11.8. The number of nitrogens with one attached hydrogen (secondary N) is 2. The number of carbonyl (C=O) groups excluding carboxylic acids is 2. The molecule has 0 saturated heterocycles. The second-order valence-corrected chi connectivity index (χ2v) is 5.79. The predicted molar refractivity (Wildman–Crippen MR) is 95.5 cm³/mol. The summed E-state index contributed by atoms with van der Waals surface area (Å²) in [5.74, 6) is 0.222. The third-order valence-corrected chi connectivity index (χ3v) is 3.76. The molecule has 0 radical (unpaired) electrons. The molecule has 2 N–H and O–H groups in total. The minimum absolute atomic E-state index is 0.0741. The van der Waals surface area contributed by atoms with Gasteiger partial charge in [0, 0.05) is 23.4 Å². The predicted octanol–water partition coefficient (Wildman–Crippen LogP) is 3.02. The summed E-state index contributed by atoms with van der Waals surface area (Å²) >= 11 is 1.52. The summed E-state index contributed by atoms with van der Waals surface area (Å²) in [5.41, 5.74) is 3.07. The summed E-state index contributed by atoms with van der Waals surface area (Å²) < 4.78 is 5.33. The molecule has 0 unspecified atom stereocenters. The Labute approximate surface area is 144 Å². The van der Waals surface area contributed by atoms with Crippen molar-refractivity contribution in [2.75, 3.05) is 11.9 Å². The Balaban J connectivity index is 1.69. The molecule has 1 aromatic carbocycles. The summed E-state index contributed by atoms with van der Waals surface area (Å²) in [7, 11) is 0. The Morgan fingerprint density at radius 3 is 2.58 bits per heavy atom. The summed E-state index contributed by atoms with van der Waals surface area (Å²) in [6.07, 6.45) is 1.74. The van der Waals surface area contributed by atoms with E-state index in [4.69, 9.17) is 4.74 Å². The lowest BCUT2D eigenvalue weighted by atomic mass is 10.2. The number of rotatable bonds is 8. The minimum Gasteiger partial charge on any atom is -0.494 e. The number of carbonyl (C=O) groups is 2. The third-order valence-electron chi connectivity index (χ3n) is 2.95. The topological polar surface area (TPSA) is 79.8 Å². The zero-order chi connectivity index (χ0) is 17.2. The van der Waals surface area contributed by atoms with Crippen LogP contribution in [-0.4, -0.2) is 24.6 Å². The van der Waals surface area contributed by atoms with Crippen LogP contribution in [0, 0.1) is 0 Å². The van der Waals surface area contributed by atoms with Crippen molar-refractivity contribution >= 4 is 35.1 Å². The van der Waals surface area contributed by atoms with Gasteiger partial charge in [-0.3, -0.25) is 9.59 Å². The van der Waals surface area contributed by atoms with E-state index in [0.29, 0.717) is 12.3 Å². The molecule has 0 bridgehead atoms. The van der Waals surface area contributed by atoms with Gasteiger partial charge >= 0.3 is 0 Å². The Hall–Kier alpha value is -2.67. The van der Waals surface area contributed by atoms with Gasteiger partial charge in [0.15, 0.2) is 0 Å². The molecular formula is C17H19N3O3S. The molecule has 24 heavy (non-hydrogen) atoms. The lowest BCUT2D eigenvalue weighted by molar-refractivity contribution is -0.124. The summed E-state index contributed by atoms with van der Waals surface area (Å²) in [5, 5.41) is 8.50. The van der Waals surface area contributed by atoms with Crippen LogP contribution in [0.2, 0.25) is 0 Å². The molecule has 0 aliphatic heterocycles. The van der Waals surface area contributed by atoms with Crippen LogP contribution in [0.15, 0.2) is 46.9 Å². The van der Waals surface area contributed by atoms with Crippen LogP contribution in [0.4, 0.5) is 5.69 Å². The van der Waals surface area contributed by atoms with Crippen molar-refractivity contribution in [1.82, 2.24) is 5.43 Å². The first kappa shape index (κ1) is 17.7. The molecule has 2 amide bonds. The van der Waals surface area contributed by atoms with Gasteiger partial charge in [0.1, 0.15) is 5.75 Å². The number of nitrogens with zero attached hydrogens (tertiary/aromatic N) is 1. The molecule has 0 saturated carbocycles. The Kier molecular flexibility index (Phi) is 6.97. The van der Waals surface area contributed by atoms with E-state index < -0.39 is 0 Å². The number of ether oxygens (including phenoxy) is 1. The standard InChI is InChI=1S/C17H19N3O3S/c1-2-23-14-7-5-13(6-8-14)19-16(21)9-10-17(22)20-18-12-15-4-3-11-24-15/h3-8,11-12H,2,9-10H2,1H3,(H,19,21)(H,20,22)/b18-12+. The zero-order valence-corrected chi connectivity index (χ0v) is 14.1. The Morgan fingerprint density at radius 1 is 1.17 bits per heavy atom. The summed E-state index contributed by atoms with van der Waals surface area (Å²) in [6.45, 7) is 2.50. The molecule has 2 rings (SSSR count). The fourth-order valence-corrected chi connectivity index (χ4v) is 2.43. The van der Waals surface area contributed by atoms with Crippen molar-refractivity contribution in [3.8, 4) is 5.75 Å². The highest BCUT2D eigenvalue weighted by Crippen LogP contribution is 2.15. The monoisotopic (exact) mass is 345 g/mol. The average Bonchev–Trinajstić information content (AvgIpc) is 3.08. The SMILES string of the molecule is CCOc1ccc(NC(=O)CCC(=O)N/N=C/c2cccs2)cc1. The lowest BCUT2D eigenvalue weighted by Crippen LogP contribution is -2.20. The highest BCUT2D eigenvalue weighted by atomic mass is 32.1. The Bertz CT molecular complexity index is 682. The maximum Gasteiger partial charge on any atom is 0.240 e. The normalized spacial score (nSPS) is 10.5. The van der Waals surface area contributed by atoms with Crippen LogP contribution in [0.1, 0.15) is 24.6 Å². The van der Waals surface area contributed by atoms with Crippen LogP contribution < -0.4 is 15.5 Å². The number of anilines is 1. The van der Waals surface area contributed by atoms with E-state index >= 15 is 0 Å². The van der Waals surface area contributed by atoms with Crippen molar-refractivity contribution in [3.63, 3.8) is 0 Å². The van der Waals surface area contributed by atoms with Gasteiger partial charge < -0.3 is 10.1 Å². The first-order valence-corrected chi connectivity index (χ1v) is 8.43. The van der Waals surface area contributed by atoms with Gasteiger partial charge in [-0.05, 0) is 42.6 Å². The van der Waals surface area contributed by atoms with Gasteiger partial charge in [0.25, 0.3) is 0 Å². The van der Waals surface area contributed by atoms with Gasteiger partial charge in [-0.2, -0.15) is 5.10 Å². The van der Waals surface area contributed by atoms with Gasteiger partial charge in [-0.1, -0.05) is 6.07 Å². The Morgan fingerprint density at radius 2 is 1.92 bits per heavy atom. The molecule has 0 aliphatic rings. The van der Waals surface area contributed by atoms with Crippen LogP contribution >= 0.6 is 11.3 Å². The number of thiophene rings is 1. The van der Waals surface area contributed by atoms with Gasteiger partial charge in [-0.15, -0.1) is 11.3 Å². The summed E-state index contributed by atoms with van der Waals surface area (Å²) in [6, 6.07) is 10.9. The quantitative estimate of drug-likeness (QED) is 0.570. The number of hydrazone groups is 1. The highest BCUT2D eigenvalue weighted by Gasteiger charge is 2.07. The molecule has 1 aromatic heterocycles. The van der Waals surface area contributed by atoms with E-state index in [1.807, 2.05) is 24.4 Å². The zero-order valence-electron chi connectivity index (χ0n) is 13.3. The fourth-order valence-electron chi connectivity index (χ4n) is 1.84. The molecule has 6 nitrogen and oxygen atoms in total. The van der Waals surface area contributed by atoms with Crippen LogP contribution in [-0.2, 0) is 9.59 Å². The van der Waals surface area contributed by atoms with Crippen molar-refractivity contribution in [2.24, 2.45) is 5.10 Å². The highest BCUT2D eigenvalue weighted by molar-refractivity contribution is 7.11. The largest absolute Gasteiger partial charge is 0.494 e. The lowest BCUT2D eigenvalue weighted by Gasteiger charge is -2.07. The van der Waals surface area contributed by atoms with Crippen LogP contribution in [0.5, 0.6) is 5.75 Å². The number of hydrogen-bond donors (Lipinski definition) is 2. The molecular weight excluding hydrogens is 326 g/mol. The van der Waals surface area contributed by atoms with E-state index in [0.717, 1.165) is 10.6 Å². The van der Waals surface area contributed by atoms with Gasteiger partial charge in [0.2, 0.25) is 11.8 Å². The van der Waals surface area contributed by atoms with Crippen LogP contribution in [0.25, 0.3) is 0 Å². The molecule has 2 aromatic rings. The third kappa shape index (κ3) is 6.21. The average molecular weight is 345 g/mol. The first-order valence-electron chi connectivity index (χ1n) is 7.55. The van der Waals surface area contributed by atoms with Gasteiger partial charge in [-0.25, -0.2) is 5.43 Å². The second kappa shape index (κ2) is 9.46. The molecule has 7 heteroatoms. The second-order valence-electron chi connectivity index (χ2n) is 4.81. The number of benzene rings is 1. The van der Waals surface area contributed by atoms with E-state index in [9.17, 15) is 9.59 Å². The van der Waals surface area contributed by atoms with E-state index in [2.05, 4.69) is 15.8 Å². The van der Waals surface area contributed by atoms with E-state index in [1.165, 1.54) is 11.3 Å². The van der Waals surface area contributed by atoms with Crippen molar-refractivity contribution in [1.29, 1.82) is 0 Å². The smallest absolute Gasteiger partial charge is 0.240 e. The molecule has 1 heterocycles. The van der Waals surface area contributed by atoms with Crippen molar-refractivity contribution in [3.05, 3.63) is 46.7 Å². The summed E-state index contributed by atoms with van der Waals surface area (Å²) in [4.78, 5) is 24.4. The molecule has 0 spiro atoms. The van der Waals surface area contributed by atoms with Crippen molar-refractivity contribution in [2.45, 2.75) is 19.8 Å². The molecule has 0 fully saturated rings. The number of hydrogen-bond acceptors (Lipinski definition) is 5.